The lowest BCUT2D eigenvalue weighted by Gasteiger charge is -2.33. The predicted molar refractivity (Wildman–Crippen MR) is 84.2 cm³/mol. The molecule has 1 aromatic heterocycles. The van der Waals surface area contributed by atoms with Crippen molar-refractivity contribution >= 4 is 22.4 Å². The summed E-state index contributed by atoms with van der Waals surface area (Å²) in [5.41, 5.74) is 1.20. The first kappa shape index (κ1) is 17.0. The topological polar surface area (TPSA) is 51.2 Å². The van der Waals surface area contributed by atoms with Crippen LogP contribution in [0.4, 0.5) is 5.13 Å². The first-order valence-corrected chi connectivity index (χ1v) is 7.79. The number of aryl methyl sites for hydroxylation is 1. The Morgan fingerprint density at radius 1 is 1.35 bits per heavy atom. The Bertz CT molecular complexity index is 447. The summed E-state index contributed by atoms with van der Waals surface area (Å²) < 4.78 is 4.64. The van der Waals surface area contributed by atoms with Crippen molar-refractivity contribution in [1.29, 1.82) is 0 Å². The lowest BCUT2D eigenvalue weighted by molar-refractivity contribution is -0.140. The van der Waals surface area contributed by atoms with Gasteiger partial charge in [-0.25, -0.2) is 4.98 Å². The molecule has 0 aliphatic carbocycles. The number of nitrogens with zero attached hydrogens (tertiary/aromatic N) is 1. The molecule has 0 fully saturated rings. The zero-order valence-corrected chi connectivity index (χ0v) is 14.2. The Kier molecular flexibility index (Phi) is 5.57. The molecule has 0 aliphatic heterocycles. The van der Waals surface area contributed by atoms with Gasteiger partial charge in [0.15, 0.2) is 5.13 Å². The maximum absolute atomic E-state index is 11.1. The number of ether oxygens (including phenoxy) is 1. The highest BCUT2D eigenvalue weighted by Gasteiger charge is 2.26. The van der Waals surface area contributed by atoms with Gasteiger partial charge in [-0.3, -0.25) is 4.79 Å². The second-order valence-electron chi connectivity index (χ2n) is 6.97. The van der Waals surface area contributed by atoms with Gasteiger partial charge in [0.1, 0.15) is 0 Å². The van der Waals surface area contributed by atoms with Gasteiger partial charge in [0.2, 0.25) is 0 Å². The van der Waals surface area contributed by atoms with Crippen LogP contribution in [0.25, 0.3) is 0 Å². The van der Waals surface area contributed by atoms with E-state index in [0.29, 0.717) is 12.8 Å². The lowest BCUT2D eigenvalue weighted by Crippen LogP contribution is -2.35. The molecule has 0 aliphatic rings. The summed E-state index contributed by atoms with van der Waals surface area (Å²) in [5.74, 6) is -0.194. The van der Waals surface area contributed by atoms with Gasteiger partial charge in [-0.1, -0.05) is 20.8 Å². The maximum atomic E-state index is 11.1. The second kappa shape index (κ2) is 6.57. The zero-order chi connectivity index (χ0) is 15.4. The highest BCUT2D eigenvalue weighted by atomic mass is 32.1. The van der Waals surface area contributed by atoms with E-state index in [-0.39, 0.29) is 16.9 Å². The van der Waals surface area contributed by atoms with Crippen molar-refractivity contribution in [3.05, 3.63) is 11.1 Å². The maximum Gasteiger partial charge on any atom is 0.305 e. The van der Waals surface area contributed by atoms with Crippen LogP contribution >= 0.6 is 11.3 Å². The number of aromatic nitrogens is 1. The fraction of sp³-hybridized carbons (Fsp3) is 0.733. The van der Waals surface area contributed by atoms with Gasteiger partial charge in [0.25, 0.3) is 0 Å². The van der Waals surface area contributed by atoms with Crippen LogP contribution in [-0.2, 0) is 16.0 Å². The van der Waals surface area contributed by atoms with Crippen LogP contribution in [0.5, 0.6) is 0 Å². The summed E-state index contributed by atoms with van der Waals surface area (Å²) in [5, 5.41) is 6.40. The number of esters is 1. The second-order valence-corrected chi connectivity index (χ2v) is 7.82. The number of hydrogen-bond acceptors (Lipinski definition) is 5. The number of hydrogen-bond donors (Lipinski definition) is 1. The summed E-state index contributed by atoms with van der Waals surface area (Å²) in [6, 6.07) is 0. The molecule has 0 saturated carbocycles. The number of thiazole rings is 1. The van der Waals surface area contributed by atoms with Gasteiger partial charge in [-0.15, -0.1) is 11.3 Å². The van der Waals surface area contributed by atoms with Crippen molar-refractivity contribution < 1.29 is 9.53 Å². The Morgan fingerprint density at radius 3 is 2.55 bits per heavy atom. The third kappa shape index (κ3) is 6.37. The van der Waals surface area contributed by atoms with Crippen molar-refractivity contribution in [2.24, 2.45) is 5.41 Å². The van der Waals surface area contributed by atoms with Crippen LogP contribution in [0.2, 0.25) is 0 Å². The van der Waals surface area contributed by atoms with Crippen LogP contribution < -0.4 is 5.32 Å². The van der Waals surface area contributed by atoms with Crippen molar-refractivity contribution in [3.63, 3.8) is 0 Å². The average Bonchev–Trinajstić information content (AvgIpc) is 2.69. The SMILES string of the molecule is COC(=O)CCc1csc(NC(C)(C)CC(C)(C)C)n1. The molecule has 0 aromatic carbocycles. The van der Waals surface area contributed by atoms with Gasteiger partial charge in [-0.05, 0) is 25.7 Å². The minimum atomic E-state index is -0.194. The quantitative estimate of drug-likeness (QED) is 0.810. The van der Waals surface area contributed by atoms with Crippen LogP contribution in [0.3, 0.4) is 0 Å². The average molecular weight is 298 g/mol. The third-order valence-electron chi connectivity index (χ3n) is 2.78. The first-order chi connectivity index (χ1) is 9.11. The molecule has 1 N–H and O–H groups in total. The summed E-state index contributed by atoms with van der Waals surface area (Å²) >= 11 is 1.59. The van der Waals surface area contributed by atoms with E-state index in [9.17, 15) is 4.79 Å². The first-order valence-electron chi connectivity index (χ1n) is 6.91. The van der Waals surface area contributed by atoms with E-state index < -0.39 is 0 Å². The van der Waals surface area contributed by atoms with E-state index in [1.807, 2.05) is 5.38 Å². The number of carbonyl (C=O) groups excluding carboxylic acids is 1. The minimum Gasteiger partial charge on any atom is -0.469 e. The third-order valence-corrected chi connectivity index (χ3v) is 3.59. The summed E-state index contributed by atoms with van der Waals surface area (Å²) in [4.78, 5) is 15.6. The Labute approximate surface area is 125 Å². The number of rotatable bonds is 6. The predicted octanol–water partition coefficient (Wildman–Crippen LogP) is 3.88. The molecular weight excluding hydrogens is 272 g/mol. The molecular formula is C15H26N2O2S. The molecule has 0 atom stereocenters. The number of anilines is 1. The van der Waals surface area contributed by atoms with Gasteiger partial charge >= 0.3 is 5.97 Å². The lowest BCUT2D eigenvalue weighted by atomic mass is 9.82. The van der Waals surface area contributed by atoms with E-state index in [0.717, 1.165) is 17.2 Å². The zero-order valence-electron chi connectivity index (χ0n) is 13.4. The molecule has 1 rings (SSSR count). The minimum absolute atomic E-state index is 0.00424. The van der Waals surface area contributed by atoms with E-state index in [1.165, 1.54) is 7.11 Å². The molecule has 1 heterocycles. The Morgan fingerprint density at radius 2 is 2.00 bits per heavy atom. The molecule has 1 aromatic rings. The van der Waals surface area contributed by atoms with Gasteiger partial charge < -0.3 is 10.1 Å². The van der Waals surface area contributed by atoms with Crippen LogP contribution in [-0.4, -0.2) is 23.6 Å². The molecule has 5 heteroatoms. The molecule has 0 saturated heterocycles. The number of methoxy groups -OCH3 is 1. The van der Waals surface area contributed by atoms with Crippen molar-refractivity contribution in [1.82, 2.24) is 4.98 Å². The molecule has 0 bridgehead atoms. The highest BCUT2D eigenvalue weighted by Crippen LogP contribution is 2.30. The fourth-order valence-electron chi connectivity index (χ4n) is 2.47. The summed E-state index contributed by atoms with van der Waals surface area (Å²) in [6.45, 7) is 11.1. The van der Waals surface area contributed by atoms with E-state index >= 15 is 0 Å². The number of nitrogens with one attached hydrogen (secondary N) is 1. The highest BCUT2D eigenvalue weighted by molar-refractivity contribution is 7.13. The fourth-order valence-corrected chi connectivity index (χ4v) is 3.39. The van der Waals surface area contributed by atoms with E-state index in [1.54, 1.807) is 11.3 Å². The monoisotopic (exact) mass is 298 g/mol. The van der Waals surface area contributed by atoms with Gasteiger partial charge in [0.05, 0.1) is 19.2 Å². The molecule has 0 unspecified atom stereocenters. The normalized spacial score (nSPS) is 12.3. The standard InChI is InChI=1S/C15H26N2O2S/c1-14(2,3)10-15(4,5)17-13-16-11(9-20-13)7-8-12(18)19-6/h9H,7-8,10H2,1-6H3,(H,16,17). The summed E-state index contributed by atoms with van der Waals surface area (Å²) in [7, 11) is 1.41. The van der Waals surface area contributed by atoms with Gasteiger partial charge in [0, 0.05) is 17.3 Å². The Balaban J connectivity index is 2.57. The van der Waals surface area contributed by atoms with Crippen molar-refractivity contribution in [2.45, 2.75) is 59.4 Å². The van der Waals surface area contributed by atoms with E-state index in [4.69, 9.17) is 0 Å². The smallest absolute Gasteiger partial charge is 0.305 e. The molecule has 4 nitrogen and oxygen atoms in total. The number of carbonyl (C=O) groups is 1. The van der Waals surface area contributed by atoms with Crippen LogP contribution in [0.1, 0.15) is 53.2 Å². The largest absolute Gasteiger partial charge is 0.469 e. The van der Waals surface area contributed by atoms with Crippen LogP contribution in [0, 0.1) is 5.41 Å². The molecule has 0 amide bonds. The molecule has 20 heavy (non-hydrogen) atoms. The summed E-state index contributed by atoms with van der Waals surface area (Å²) in [6.07, 6.45) is 2.06. The van der Waals surface area contributed by atoms with Crippen LogP contribution in [0.15, 0.2) is 5.38 Å². The molecule has 114 valence electrons. The van der Waals surface area contributed by atoms with Crippen molar-refractivity contribution in [2.75, 3.05) is 12.4 Å². The molecule has 0 radical (unpaired) electrons. The van der Waals surface area contributed by atoms with Gasteiger partial charge in [-0.2, -0.15) is 0 Å². The van der Waals surface area contributed by atoms with E-state index in [2.05, 4.69) is 49.7 Å². The van der Waals surface area contributed by atoms with Crippen molar-refractivity contribution in [3.8, 4) is 0 Å². The Hall–Kier alpha value is -1.10. The molecule has 0 spiro atoms.